The topological polar surface area (TPSA) is 97.4 Å². The Morgan fingerprint density at radius 2 is 1.94 bits per heavy atom. The molecule has 2 aromatic heterocycles. The number of carbonyl (C=O) groups is 2. The summed E-state index contributed by atoms with van der Waals surface area (Å²) in [6.45, 7) is 8.35. The van der Waals surface area contributed by atoms with Crippen LogP contribution >= 0.6 is 23.2 Å². The summed E-state index contributed by atoms with van der Waals surface area (Å²) in [5, 5.41) is 13.5. The summed E-state index contributed by atoms with van der Waals surface area (Å²) in [4.78, 5) is 30.5. The van der Waals surface area contributed by atoms with Crippen LogP contribution in [0.1, 0.15) is 76.7 Å². The number of hydrogen-bond acceptors (Lipinski definition) is 6. The van der Waals surface area contributed by atoms with E-state index in [-0.39, 0.29) is 36.5 Å². The molecule has 1 aromatic carbocycles. The number of amides is 2. The van der Waals surface area contributed by atoms with Crippen molar-refractivity contribution in [3.8, 4) is 0 Å². The van der Waals surface area contributed by atoms with E-state index in [0.717, 1.165) is 11.3 Å². The molecule has 0 N–H and O–H groups in total. The molecule has 0 spiro atoms. The largest absolute Gasteiger partial charge is 0.423 e. The Hall–Kier alpha value is -2.91. The van der Waals surface area contributed by atoms with E-state index < -0.39 is 0 Å². The number of hydrogen-bond donors (Lipinski definition) is 0. The van der Waals surface area contributed by atoms with Gasteiger partial charge in [-0.05, 0) is 39.0 Å². The Morgan fingerprint density at radius 1 is 1.18 bits per heavy atom. The minimum absolute atomic E-state index is 0.0423. The highest BCUT2D eigenvalue weighted by molar-refractivity contribution is 6.42. The van der Waals surface area contributed by atoms with Crippen LogP contribution in [0.5, 0.6) is 0 Å². The summed E-state index contributed by atoms with van der Waals surface area (Å²) in [6, 6.07) is 4.34. The Labute approximate surface area is 206 Å². The van der Waals surface area contributed by atoms with Gasteiger partial charge in [-0.1, -0.05) is 23.2 Å². The van der Waals surface area contributed by atoms with E-state index in [1.54, 1.807) is 39.6 Å². The van der Waals surface area contributed by atoms with Gasteiger partial charge in [0, 0.05) is 37.1 Å². The first-order valence-electron chi connectivity index (χ1n) is 11.1. The lowest BCUT2D eigenvalue weighted by Gasteiger charge is -2.36. The van der Waals surface area contributed by atoms with E-state index in [1.165, 1.54) is 0 Å². The third kappa shape index (κ3) is 3.67. The lowest BCUT2D eigenvalue weighted by atomic mass is 9.97. The SMILES string of the molecule is Cc1nnc([C@H](C)N2C[C@@H](C)n3nc4c(c3C2=O)CN(C(=O)c2ccc(Cl)c(Cl)c2)[C@H](C)C4)o1. The molecule has 11 heteroatoms. The zero-order chi connectivity index (χ0) is 24.3. The molecule has 3 atom stereocenters. The molecule has 4 heterocycles. The molecule has 9 nitrogen and oxygen atoms in total. The van der Waals surface area contributed by atoms with Crippen LogP contribution in [0.2, 0.25) is 10.0 Å². The third-order valence-corrected chi connectivity index (χ3v) is 7.32. The van der Waals surface area contributed by atoms with Crippen LogP contribution in [0, 0.1) is 6.92 Å². The number of carbonyl (C=O) groups excluding carboxylic acids is 2. The van der Waals surface area contributed by atoms with Gasteiger partial charge in [0.05, 0.1) is 28.3 Å². The highest BCUT2D eigenvalue weighted by atomic mass is 35.5. The van der Waals surface area contributed by atoms with Gasteiger partial charge in [0.15, 0.2) is 0 Å². The minimum atomic E-state index is -0.382. The van der Waals surface area contributed by atoms with Crippen molar-refractivity contribution < 1.29 is 14.0 Å². The first kappa shape index (κ1) is 22.9. The Morgan fingerprint density at radius 3 is 2.62 bits per heavy atom. The number of aryl methyl sites for hydroxylation is 1. The monoisotopic (exact) mass is 502 g/mol. The number of rotatable bonds is 3. The summed E-state index contributed by atoms with van der Waals surface area (Å²) in [5.41, 5.74) is 2.59. The predicted molar refractivity (Wildman–Crippen MR) is 125 cm³/mol. The van der Waals surface area contributed by atoms with E-state index >= 15 is 0 Å². The predicted octanol–water partition coefficient (Wildman–Crippen LogP) is 4.25. The van der Waals surface area contributed by atoms with Crippen molar-refractivity contribution in [3.05, 3.63) is 62.5 Å². The minimum Gasteiger partial charge on any atom is -0.423 e. The molecule has 5 rings (SSSR count). The average Bonchev–Trinajstić information content (AvgIpc) is 3.40. The summed E-state index contributed by atoms with van der Waals surface area (Å²) in [6.07, 6.45) is 0.556. The maximum Gasteiger partial charge on any atom is 0.273 e. The fourth-order valence-electron chi connectivity index (χ4n) is 4.70. The molecule has 2 aliphatic heterocycles. The van der Waals surface area contributed by atoms with E-state index in [0.29, 0.717) is 46.0 Å². The highest BCUT2D eigenvalue weighted by Crippen LogP contribution is 2.35. The van der Waals surface area contributed by atoms with Crippen LogP contribution in [0.3, 0.4) is 0 Å². The standard InChI is InChI=1S/C23H24Cl2N6O3/c1-11-7-19-16(10-29(11)22(32)15-5-6-17(24)18(25)8-15)20-23(33)30(9-12(2)31(20)28-19)13(3)21-27-26-14(4)34-21/h5-6,8,11-13H,7,9-10H2,1-4H3/t11-,12-,13+/m1/s1. The molecule has 0 aliphatic carbocycles. The fourth-order valence-corrected chi connectivity index (χ4v) is 5.00. The van der Waals surface area contributed by atoms with Crippen molar-refractivity contribution in [2.24, 2.45) is 0 Å². The summed E-state index contributed by atoms with van der Waals surface area (Å²) >= 11 is 12.2. The van der Waals surface area contributed by atoms with Crippen molar-refractivity contribution in [3.63, 3.8) is 0 Å². The van der Waals surface area contributed by atoms with Crippen molar-refractivity contribution >= 4 is 35.0 Å². The first-order chi connectivity index (χ1) is 16.2. The van der Waals surface area contributed by atoms with E-state index in [2.05, 4.69) is 10.2 Å². The molecule has 0 unspecified atom stereocenters. The molecule has 0 fully saturated rings. The zero-order valence-electron chi connectivity index (χ0n) is 19.2. The smallest absolute Gasteiger partial charge is 0.273 e. The second-order valence-electron chi connectivity index (χ2n) is 8.98. The molecule has 34 heavy (non-hydrogen) atoms. The van der Waals surface area contributed by atoms with E-state index in [1.807, 2.05) is 20.8 Å². The average molecular weight is 503 g/mol. The van der Waals surface area contributed by atoms with Gasteiger partial charge in [-0.2, -0.15) is 5.10 Å². The van der Waals surface area contributed by atoms with E-state index in [9.17, 15) is 9.59 Å². The summed E-state index contributed by atoms with van der Waals surface area (Å²) in [5.74, 6) is 0.517. The molecule has 0 saturated carbocycles. The number of benzene rings is 1. The van der Waals surface area contributed by atoms with Crippen LogP contribution < -0.4 is 0 Å². The van der Waals surface area contributed by atoms with Crippen molar-refractivity contribution in [2.45, 2.75) is 58.8 Å². The first-order valence-corrected chi connectivity index (χ1v) is 11.9. The molecular weight excluding hydrogens is 479 g/mol. The molecule has 3 aromatic rings. The van der Waals surface area contributed by atoms with Crippen molar-refractivity contribution in [2.75, 3.05) is 6.54 Å². The van der Waals surface area contributed by atoms with Crippen LogP contribution in [0.25, 0.3) is 0 Å². The maximum absolute atomic E-state index is 13.7. The third-order valence-electron chi connectivity index (χ3n) is 6.58. The second kappa shape index (κ2) is 8.39. The second-order valence-corrected chi connectivity index (χ2v) is 9.79. The van der Waals surface area contributed by atoms with Crippen molar-refractivity contribution in [1.82, 2.24) is 29.8 Å². The zero-order valence-corrected chi connectivity index (χ0v) is 20.8. The molecule has 0 saturated heterocycles. The quantitative estimate of drug-likeness (QED) is 0.530. The summed E-state index contributed by atoms with van der Waals surface area (Å²) < 4.78 is 7.38. The van der Waals surface area contributed by atoms with Gasteiger partial charge in [0.1, 0.15) is 11.7 Å². The Kier molecular flexibility index (Phi) is 5.64. The highest BCUT2D eigenvalue weighted by Gasteiger charge is 2.41. The van der Waals surface area contributed by atoms with Crippen LogP contribution in [-0.2, 0) is 13.0 Å². The van der Waals surface area contributed by atoms with Gasteiger partial charge in [-0.3, -0.25) is 14.3 Å². The number of aromatic nitrogens is 4. The van der Waals surface area contributed by atoms with Gasteiger partial charge >= 0.3 is 0 Å². The number of nitrogens with zero attached hydrogens (tertiary/aromatic N) is 6. The molecule has 2 amide bonds. The maximum atomic E-state index is 13.7. The Balaban J connectivity index is 1.48. The molecule has 0 radical (unpaired) electrons. The number of halogens is 2. The van der Waals surface area contributed by atoms with Gasteiger partial charge in [-0.25, -0.2) is 0 Å². The van der Waals surface area contributed by atoms with E-state index in [4.69, 9.17) is 32.7 Å². The van der Waals surface area contributed by atoms with Gasteiger partial charge < -0.3 is 14.2 Å². The van der Waals surface area contributed by atoms with Crippen LogP contribution in [0.4, 0.5) is 0 Å². The molecule has 2 aliphatic rings. The fraction of sp³-hybridized carbons (Fsp3) is 0.435. The normalized spacial score (nSPS) is 20.8. The lowest BCUT2D eigenvalue weighted by Crippen LogP contribution is -2.45. The van der Waals surface area contributed by atoms with Crippen LogP contribution in [-0.4, -0.2) is 54.2 Å². The van der Waals surface area contributed by atoms with Gasteiger partial charge in [-0.15, -0.1) is 10.2 Å². The molecular formula is C23H24Cl2N6O3. The molecule has 0 bridgehead atoms. The van der Waals surface area contributed by atoms with Crippen LogP contribution in [0.15, 0.2) is 22.6 Å². The van der Waals surface area contributed by atoms with Crippen molar-refractivity contribution in [1.29, 1.82) is 0 Å². The van der Waals surface area contributed by atoms with Gasteiger partial charge in [0.2, 0.25) is 11.8 Å². The Bertz CT molecular complexity index is 1300. The van der Waals surface area contributed by atoms with Gasteiger partial charge in [0.25, 0.3) is 11.8 Å². The summed E-state index contributed by atoms with van der Waals surface area (Å²) in [7, 11) is 0. The number of fused-ring (bicyclic) bond motifs is 3. The molecule has 178 valence electrons. The lowest BCUT2D eigenvalue weighted by molar-refractivity contribution is 0.0546.